The molecule has 3 heteroatoms. The molecule has 0 aromatic heterocycles. The molecule has 0 aliphatic carbocycles. The molecule has 0 aromatic carbocycles. The van der Waals surface area contributed by atoms with E-state index in [0.29, 0.717) is 4.32 Å². The topological polar surface area (TPSA) is 26.0 Å². The van der Waals surface area contributed by atoms with Crippen molar-refractivity contribution in [3.8, 4) is 0 Å². The Kier molecular flexibility index (Phi) is 6.70. The molecule has 0 saturated heterocycles. The van der Waals surface area contributed by atoms with Crippen LogP contribution in [0, 0.1) is 0 Å². The summed E-state index contributed by atoms with van der Waals surface area (Å²) in [5, 5.41) is 0. The molecule has 0 spiro atoms. The Morgan fingerprint density at radius 2 is 2.00 bits per heavy atom. The normalized spacial score (nSPS) is 9.56. The molecule has 0 bridgehead atoms. The summed E-state index contributed by atoms with van der Waals surface area (Å²) in [6.07, 6.45) is 4.17. The standard InChI is InChI=1S/C6H12ClNS/c7-6(9)4-2-1-3-5-8/h1-5,8H2. The lowest BCUT2D eigenvalue weighted by Gasteiger charge is -1.94. The Balaban J connectivity index is 2.83. The average molecular weight is 166 g/mol. The Labute approximate surface area is 66.6 Å². The van der Waals surface area contributed by atoms with Crippen molar-refractivity contribution < 1.29 is 0 Å². The van der Waals surface area contributed by atoms with Crippen LogP contribution in [-0.4, -0.2) is 10.9 Å². The van der Waals surface area contributed by atoms with E-state index in [1.54, 1.807) is 0 Å². The van der Waals surface area contributed by atoms with Gasteiger partial charge in [-0.25, -0.2) is 0 Å². The smallest absolute Gasteiger partial charge is 0.0808 e. The Morgan fingerprint density at radius 3 is 2.44 bits per heavy atom. The minimum absolute atomic E-state index is 0.590. The van der Waals surface area contributed by atoms with E-state index in [2.05, 4.69) is 12.2 Å². The molecule has 1 nitrogen and oxygen atoms in total. The Hall–Kier alpha value is 0.340. The molecule has 2 N–H and O–H groups in total. The molecule has 0 atom stereocenters. The van der Waals surface area contributed by atoms with Gasteiger partial charge in [0.1, 0.15) is 0 Å². The first kappa shape index (κ1) is 9.34. The van der Waals surface area contributed by atoms with Crippen LogP contribution >= 0.6 is 23.8 Å². The van der Waals surface area contributed by atoms with Gasteiger partial charge in [0.05, 0.1) is 4.32 Å². The van der Waals surface area contributed by atoms with Crippen LogP contribution in [0.5, 0.6) is 0 Å². The fourth-order valence-corrected chi connectivity index (χ4v) is 0.863. The second-order valence-electron chi connectivity index (χ2n) is 1.95. The maximum atomic E-state index is 5.46. The van der Waals surface area contributed by atoms with Crippen molar-refractivity contribution >= 4 is 28.1 Å². The molecule has 9 heavy (non-hydrogen) atoms. The number of nitrogens with two attached hydrogens (primary N) is 1. The van der Waals surface area contributed by atoms with E-state index < -0.39 is 0 Å². The first-order chi connectivity index (χ1) is 4.27. The lowest BCUT2D eigenvalue weighted by atomic mass is 10.2. The molecule has 0 aromatic rings. The van der Waals surface area contributed by atoms with Crippen LogP contribution in [-0.2, 0) is 0 Å². The molecule has 0 rings (SSSR count). The highest BCUT2D eigenvalue weighted by molar-refractivity contribution is 7.83. The fourth-order valence-electron chi connectivity index (χ4n) is 0.585. The zero-order valence-corrected chi connectivity index (χ0v) is 6.97. The van der Waals surface area contributed by atoms with Gasteiger partial charge in [-0.2, -0.15) is 0 Å². The number of hydrogen-bond donors (Lipinski definition) is 1. The highest BCUT2D eigenvalue weighted by Crippen LogP contribution is 2.02. The van der Waals surface area contributed by atoms with Gasteiger partial charge in [-0.3, -0.25) is 0 Å². The summed E-state index contributed by atoms with van der Waals surface area (Å²) in [7, 11) is 0. The van der Waals surface area contributed by atoms with Crippen LogP contribution < -0.4 is 5.73 Å². The summed E-state index contributed by atoms with van der Waals surface area (Å²) >= 11 is 10.1. The van der Waals surface area contributed by atoms with Gasteiger partial charge in [-0.15, -0.1) is 0 Å². The van der Waals surface area contributed by atoms with Crippen LogP contribution in [0.3, 0.4) is 0 Å². The van der Waals surface area contributed by atoms with Crippen LogP contribution in [0.15, 0.2) is 0 Å². The summed E-state index contributed by atoms with van der Waals surface area (Å²) in [6.45, 7) is 0.773. The highest BCUT2D eigenvalue weighted by Gasteiger charge is 1.90. The van der Waals surface area contributed by atoms with Crippen LogP contribution in [0.4, 0.5) is 0 Å². The second kappa shape index (κ2) is 6.46. The van der Waals surface area contributed by atoms with E-state index in [4.69, 9.17) is 17.3 Å². The summed E-state index contributed by atoms with van der Waals surface area (Å²) in [4.78, 5) is 0. The third-order valence-electron chi connectivity index (χ3n) is 1.08. The Morgan fingerprint density at radius 1 is 1.33 bits per heavy atom. The lowest BCUT2D eigenvalue weighted by Crippen LogP contribution is -1.97. The third kappa shape index (κ3) is 8.34. The first-order valence-electron chi connectivity index (χ1n) is 3.15. The predicted molar refractivity (Wildman–Crippen MR) is 46.0 cm³/mol. The predicted octanol–water partition coefficient (Wildman–Crippen LogP) is 2.07. The van der Waals surface area contributed by atoms with Gasteiger partial charge in [0.2, 0.25) is 0 Å². The molecular formula is C6H12ClNS. The minimum Gasteiger partial charge on any atom is -0.330 e. The van der Waals surface area contributed by atoms with Crippen molar-refractivity contribution in [2.45, 2.75) is 25.7 Å². The van der Waals surface area contributed by atoms with Gasteiger partial charge in [-0.05, 0) is 25.8 Å². The maximum Gasteiger partial charge on any atom is 0.0808 e. The van der Waals surface area contributed by atoms with Gasteiger partial charge in [0, 0.05) is 0 Å². The molecule has 0 amide bonds. The molecular weight excluding hydrogens is 154 g/mol. The Bertz CT molecular complexity index is 85.1. The van der Waals surface area contributed by atoms with Crippen LogP contribution in [0.2, 0.25) is 0 Å². The van der Waals surface area contributed by atoms with Gasteiger partial charge < -0.3 is 5.73 Å². The van der Waals surface area contributed by atoms with E-state index in [1.165, 1.54) is 0 Å². The SMILES string of the molecule is NCCCCCC(=S)Cl. The average Bonchev–Trinajstić information content (AvgIpc) is 1.80. The molecule has 0 aliphatic heterocycles. The zero-order valence-electron chi connectivity index (χ0n) is 5.40. The minimum atomic E-state index is 0.590. The maximum absolute atomic E-state index is 5.46. The molecule has 54 valence electrons. The highest BCUT2D eigenvalue weighted by atomic mass is 35.5. The quantitative estimate of drug-likeness (QED) is 0.384. The van der Waals surface area contributed by atoms with Crippen molar-refractivity contribution in [3.63, 3.8) is 0 Å². The van der Waals surface area contributed by atoms with E-state index in [-0.39, 0.29) is 0 Å². The second-order valence-corrected chi connectivity index (χ2v) is 3.13. The van der Waals surface area contributed by atoms with E-state index in [1.807, 2.05) is 0 Å². The van der Waals surface area contributed by atoms with Crippen LogP contribution in [0.25, 0.3) is 0 Å². The van der Waals surface area contributed by atoms with E-state index in [9.17, 15) is 0 Å². The van der Waals surface area contributed by atoms with Gasteiger partial charge >= 0.3 is 0 Å². The monoisotopic (exact) mass is 165 g/mol. The molecule has 0 radical (unpaired) electrons. The summed E-state index contributed by atoms with van der Waals surface area (Å²) < 4.78 is 0.590. The number of rotatable bonds is 5. The van der Waals surface area contributed by atoms with Gasteiger partial charge in [0.15, 0.2) is 0 Å². The van der Waals surface area contributed by atoms with Gasteiger partial charge in [-0.1, -0.05) is 30.2 Å². The van der Waals surface area contributed by atoms with Crippen molar-refractivity contribution in [2.75, 3.05) is 6.54 Å². The number of hydrogen-bond acceptors (Lipinski definition) is 2. The largest absolute Gasteiger partial charge is 0.330 e. The summed E-state index contributed by atoms with van der Waals surface area (Å²) in [5.74, 6) is 0. The number of unbranched alkanes of at least 4 members (excludes halogenated alkanes) is 2. The van der Waals surface area contributed by atoms with E-state index in [0.717, 1.165) is 32.2 Å². The number of halogens is 1. The molecule has 0 fully saturated rings. The van der Waals surface area contributed by atoms with Crippen molar-refractivity contribution in [1.82, 2.24) is 0 Å². The zero-order chi connectivity index (χ0) is 7.11. The van der Waals surface area contributed by atoms with Crippen molar-refractivity contribution in [1.29, 1.82) is 0 Å². The van der Waals surface area contributed by atoms with Crippen molar-refractivity contribution in [3.05, 3.63) is 0 Å². The van der Waals surface area contributed by atoms with Gasteiger partial charge in [0.25, 0.3) is 0 Å². The van der Waals surface area contributed by atoms with Crippen LogP contribution in [0.1, 0.15) is 25.7 Å². The number of thiocarbonyl (C=S) groups is 1. The van der Waals surface area contributed by atoms with E-state index >= 15 is 0 Å². The third-order valence-corrected chi connectivity index (χ3v) is 1.47. The lowest BCUT2D eigenvalue weighted by molar-refractivity contribution is 0.709. The summed E-state index contributed by atoms with van der Waals surface area (Å²) in [5.41, 5.74) is 5.28. The molecule has 0 heterocycles. The van der Waals surface area contributed by atoms with Crippen molar-refractivity contribution in [2.24, 2.45) is 5.73 Å². The first-order valence-corrected chi connectivity index (χ1v) is 3.94. The molecule has 0 unspecified atom stereocenters. The fraction of sp³-hybridized carbons (Fsp3) is 0.833. The summed E-state index contributed by atoms with van der Waals surface area (Å²) in [6, 6.07) is 0. The molecule has 0 aliphatic rings. The molecule has 0 saturated carbocycles.